The Balaban J connectivity index is 4.05. The SMILES string of the molecule is CCN(CCNCC(CN)C(C)C)C(=O)OC(C)(C)C. The van der Waals surface area contributed by atoms with Gasteiger partial charge in [-0.2, -0.15) is 0 Å². The van der Waals surface area contributed by atoms with Gasteiger partial charge in [0, 0.05) is 19.6 Å². The molecule has 1 amide bonds. The standard InChI is InChI=1S/C15H33N3O2/c1-7-18(14(19)20-15(4,5)6)9-8-17-11-13(10-16)12(2)3/h12-13,17H,7-11,16H2,1-6H3. The molecule has 0 saturated carbocycles. The quantitative estimate of drug-likeness (QED) is 0.671. The number of nitrogens with zero attached hydrogens (tertiary/aromatic N) is 1. The molecule has 1 atom stereocenters. The van der Waals surface area contributed by atoms with Gasteiger partial charge in [-0.15, -0.1) is 0 Å². The Hall–Kier alpha value is -0.810. The summed E-state index contributed by atoms with van der Waals surface area (Å²) < 4.78 is 5.37. The molecule has 0 aromatic rings. The lowest BCUT2D eigenvalue weighted by Crippen LogP contribution is -2.41. The van der Waals surface area contributed by atoms with Crippen LogP contribution in [0.3, 0.4) is 0 Å². The molecule has 0 saturated heterocycles. The van der Waals surface area contributed by atoms with Crippen molar-refractivity contribution in [2.45, 2.75) is 47.1 Å². The van der Waals surface area contributed by atoms with Crippen LogP contribution in [0.4, 0.5) is 4.79 Å². The van der Waals surface area contributed by atoms with Crippen LogP contribution in [0.5, 0.6) is 0 Å². The molecule has 0 aromatic carbocycles. The van der Waals surface area contributed by atoms with E-state index >= 15 is 0 Å². The van der Waals surface area contributed by atoms with Crippen molar-refractivity contribution in [1.82, 2.24) is 10.2 Å². The van der Waals surface area contributed by atoms with Gasteiger partial charge in [0.05, 0.1) is 0 Å². The van der Waals surface area contributed by atoms with Gasteiger partial charge in [-0.25, -0.2) is 4.79 Å². The smallest absolute Gasteiger partial charge is 0.410 e. The Kier molecular flexibility index (Phi) is 8.81. The molecule has 0 aromatic heterocycles. The van der Waals surface area contributed by atoms with Crippen LogP contribution >= 0.6 is 0 Å². The van der Waals surface area contributed by atoms with Gasteiger partial charge >= 0.3 is 6.09 Å². The second-order valence-corrected chi connectivity index (χ2v) is 6.50. The third kappa shape index (κ3) is 8.38. The van der Waals surface area contributed by atoms with Gasteiger partial charge in [-0.05, 0) is 52.6 Å². The molecule has 0 radical (unpaired) electrons. The summed E-state index contributed by atoms with van der Waals surface area (Å²) in [6.45, 7) is 15.6. The van der Waals surface area contributed by atoms with Crippen LogP contribution in [0.25, 0.3) is 0 Å². The largest absolute Gasteiger partial charge is 0.444 e. The highest BCUT2D eigenvalue weighted by atomic mass is 16.6. The maximum absolute atomic E-state index is 11.9. The minimum absolute atomic E-state index is 0.249. The van der Waals surface area contributed by atoms with Crippen LogP contribution in [0.15, 0.2) is 0 Å². The Labute approximate surface area is 124 Å². The van der Waals surface area contributed by atoms with Crippen molar-refractivity contribution >= 4 is 6.09 Å². The summed E-state index contributed by atoms with van der Waals surface area (Å²) in [6.07, 6.45) is -0.249. The van der Waals surface area contributed by atoms with E-state index in [0.717, 1.165) is 13.1 Å². The van der Waals surface area contributed by atoms with Crippen LogP contribution in [0, 0.1) is 11.8 Å². The normalized spacial score (nSPS) is 13.4. The minimum atomic E-state index is -0.444. The van der Waals surface area contributed by atoms with E-state index in [1.54, 1.807) is 4.90 Å². The van der Waals surface area contributed by atoms with Crippen molar-refractivity contribution < 1.29 is 9.53 Å². The van der Waals surface area contributed by atoms with Gasteiger partial charge in [0.1, 0.15) is 5.60 Å². The Morgan fingerprint density at radius 1 is 1.35 bits per heavy atom. The van der Waals surface area contributed by atoms with Crippen LogP contribution < -0.4 is 11.1 Å². The van der Waals surface area contributed by atoms with E-state index in [1.165, 1.54) is 0 Å². The van der Waals surface area contributed by atoms with E-state index in [4.69, 9.17) is 10.5 Å². The van der Waals surface area contributed by atoms with Crippen molar-refractivity contribution in [3.63, 3.8) is 0 Å². The molecular weight excluding hydrogens is 254 g/mol. The number of nitrogens with one attached hydrogen (secondary N) is 1. The zero-order valence-corrected chi connectivity index (χ0v) is 14.0. The minimum Gasteiger partial charge on any atom is -0.444 e. The zero-order valence-electron chi connectivity index (χ0n) is 14.0. The summed E-state index contributed by atoms with van der Waals surface area (Å²) in [5.74, 6) is 1.05. The Morgan fingerprint density at radius 2 is 1.95 bits per heavy atom. The van der Waals surface area contributed by atoms with Gasteiger partial charge in [0.2, 0.25) is 0 Å². The highest BCUT2D eigenvalue weighted by molar-refractivity contribution is 5.68. The molecule has 5 heteroatoms. The zero-order chi connectivity index (χ0) is 15.8. The summed E-state index contributed by atoms with van der Waals surface area (Å²) in [5.41, 5.74) is 5.29. The lowest BCUT2D eigenvalue weighted by Gasteiger charge is -2.27. The van der Waals surface area contributed by atoms with Crippen LogP contribution in [0.1, 0.15) is 41.5 Å². The van der Waals surface area contributed by atoms with Crippen molar-refractivity contribution in [1.29, 1.82) is 0 Å². The number of hydrogen-bond acceptors (Lipinski definition) is 4. The third-order valence-corrected chi connectivity index (χ3v) is 3.24. The number of likely N-dealkylation sites (N-methyl/N-ethyl adjacent to an activating group) is 1. The average Bonchev–Trinajstić information content (AvgIpc) is 2.31. The van der Waals surface area contributed by atoms with Crippen LogP contribution in [-0.2, 0) is 4.74 Å². The fourth-order valence-corrected chi connectivity index (χ4v) is 1.80. The van der Waals surface area contributed by atoms with Gasteiger partial charge < -0.3 is 20.7 Å². The number of carbonyl (C=O) groups excluding carboxylic acids is 1. The lowest BCUT2D eigenvalue weighted by molar-refractivity contribution is 0.0261. The topological polar surface area (TPSA) is 67.6 Å². The van der Waals surface area contributed by atoms with E-state index in [2.05, 4.69) is 19.2 Å². The molecular formula is C15H33N3O2. The van der Waals surface area contributed by atoms with Gasteiger partial charge in [-0.3, -0.25) is 0 Å². The second-order valence-electron chi connectivity index (χ2n) is 6.50. The van der Waals surface area contributed by atoms with Gasteiger partial charge in [0.25, 0.3) is 0 Å². The van der Waals surface area contributed by atoms with Crippen LogP contribution in [-0.4, -0.2) is 49.3 Å². The first-order valence-corrected chi connectivity index (χ1v) is 7.60. The molecule has 0 bridgehead atoms. The van der Waals surface area contributed by atoms with E-state index in [-0.39, 0.29) is 6.09 Å². The first kappa shape index (κ1) is 19.2. The summed E-state index contributed by atoms with van der Waals surface area (Å²) >= 11 is 0. The molecule has 0 fully saturated rings. The molecule has 1 unspecified atom stereocenters. The predicted molar refractivity (Wildman–Crippen MR) is 83.7 cm³/mol. The second kappa shape index (κ2) is 9.19. The average molecular weight is 287 g/mol. The Morgan fingerprint density at radius 3 is 2.35 bits per heavy atom. The van der Waals surface area contributed by atoms with Gasteiger partial charge in [-0.1, -0.05) is 13.8 Å². The highest BCUT2D eigenvalue weighted by Gasteiger charge is 2.20. The van der Waals surface area contributed by atoms with E-state index < -0.39 is 5.60 Å². The van der Waals surface area contributed by atoms with E-state index in [1.807, 2.05) is 27.7 Å². The molecule has 5 nitrogen and oxygen atoms in total. The predicted octanol–water partition coefficient (Wildman–Crippen LogP) is 2.06. The first-order chi connectivity index (χ1) is 9.21. The summed E-state index contributed by atoms with van der Waals surface area (Å²) in [7, 11) is 0. The fourth-order valence-electron chi connectivity index (χ4n) is 1.80. The van der Waals surface area contributed by atoms with Crippen LogP contribution in [0.2, 0.25) is 0 Å². The molecule has 0 spiro atoms. The fraction of sp³-hybridized carbons (Fsp3) is 0.933. The molecule has 120 valence electrons. The molecule has 0 aliphatic rings. The number of rotatable bonds is 8. The maximum Gasteiger partial charge on any atom is 0.410 e. The molecule has 0 aliphatic heterocycles. The molecule has 20 heavy (non-hydrogen) atoms. The molecule has 0 aliphatic carbocycles. The number of amides is 1. The third-order valence-electron chi connectivity index (χ3n) is 3.24. The summed E-state index contributed by atoms with van der Waals surface area (Å²) in [6, 6.07) is 0. The number of nitrogens with two attached hydrogens (primary N) is 1. The van der Waals surface area contributed by atoms with Crippen molar-refractivity contribution in [2.75, 3.05) is 32.7 Å². The van der Waals surface area contributed by atoms with E-state index in [9.17, 15) is 4.79 Å². The summed E-state index contributed by atoms with van der Waals surface area (Å²) in [4.78, 5) is 13.7. The summed E-state index contributed by atoms with van der Waals surface area (Å²) in [5, 5.41) is 3.37. The van der Waals surface area contributed by atoms with E-state index in [0.29, 0.717) is 31.5 Å². The first-order valence-electron chi connectivity index (χ1n) is 7.60. The maximum atomic E-state index is 11.9. The molecule has 3 N–H and O–H groups in total. The van der Waals surface area contributed by atoms with Crippen molar-refractivity contribution in [2.24, 2.45) is 17.6 Å². The number of hydrogen-bond donors (Lipinski definition) is 2. The van der Waals surface area contributed by atoms with Crippen molar-refractivity contribution in [3.8, 4) is 0 Å². The number of carbonyl (C=O) groups is 1. The highest BCUT2D eigenvalue weighted by Crippen LogP contribution is 2.10. The molecule has 0 heterocycles. The Bertz CT molecular complexity index is 275. The van der Waals surface area contributed by atoms with Crippen molar-refractivity contribution in [3.05, 3.63) is 0 Å². The monoisotopic (exact) mass is 287 g/mol. The molecule has 0 rings (SSSR count). The lowest BCUT2D eigenvalue weighted by atomic mass is 9.96. The number of ether oxygens (including phenoxy) is 1. The van der Waals surface area contributed by atoms with Gasteiger partial charge in [0.15, 0.2) is 0 Å².